The molecule has 2 N–H and O–H groups in total. The smallest absolute Gasteiger partial charge is 0.162 e. The first-order valence-corrected chi connectivity index (χ1v) is 18.2. The lowest BCUT2D eigenvalue weighted by molar-refractivity contribution is -0.0980. The summed E-state index contributed by atoms with van der Waals surface area (Å²) in [6, 6.07) is 15.5. The number of hydrogen-bond acceptors (Lipinski definition) is 9. The first-order valence-electron chi connectivity index (χ1n) is 17.4. The van der Waals surface area contributed by atoms with Gasteiger partial charge < -0.3 is 34.5 Å². The molecule has 2 bridgehead atoms. The lowest BCUT2D eigenvalue weighted by Crippen LogP contribution is -2.35. The third-order valence-electron chi connectivity index (χ3n) is 7.86. The van der Waals surface area contributed by atoms with Crippen LogP contribution in [0.15, 0.2) is 71.5 Å². The third-order valence-corrected chi connectivity index (χ3v) is 8.47. The van der Waals surface area contributed by atoms with E-state index in [2.05, 4.69) is 85.8 Å². The van der Waals surface area contributed by atoms with Crippen LogP contribution in [0.5, 0.6) is 11.5 Å². The average molecular weight is 771 g/mol. The van der Waals surface area contributed by atoms with Crippen molar-refractivity contribution in [2.24, 2.45) is 0 Å². The van der Waals surface area contributed by atoms with Crippen molar-refractivity contribution in [3.05, 3.63) is 88.4 Å². The predicted molar refractivity (Wildman–Crippen MR) is 214 cm³/mol. The average Bonchev–Trinajstić information content (AvgIpc) is 3.16. The van der Waals surface area contributed by atoms with Gasteiger partial charge in [0.05, 0.1) is 23.7 Å². The topological polar surface area (TPSA) is 100 Å². The second-order valence-corrected chi connectivity index (χ2v) is 12.0. The lowest BCUT2D eigenvalue weighted by atomic mass is 9.95. The second kappa shape index (κ2) is 25.0. The van der Waals surface area contributed by atoms with Crippen LogP contribution in [0.4, 0.5) is 21.6 Å². The van der Waals surface area contributed by atoms with Crippen LogP contribution >= 0.6 is 15.9 Å². The monoisotopic (exact) mass is 769 g/mol. The first kappa shape index (κ1) is 45.0. The molecule has 1 aliphatic heterocycles. The van der Waals surface area contributed by atoms with Crippen LogP contribution < -0.4 is 19.7 Å². The van der Waals surface area contributed by atoms with Crippen LogP contribution in [-0.4, -0.2) is 74.3 Å². The molecular weight excluding hydrogens is 713 g/mol. The number of aliphatic hydroxyl groups excluding tert-OH is 1. The van der Waals surface area contributed by atoms with Crippen molar-refractivity contribution in [2.45, 2.75) is 66.8 Å². The molecule has 1 fully saturated rings. The van der Waals surface area contributed by atoms with E-state index in [9.17, 15) is 4.39 Å². The number of carbonyl (C=O) groups excluding carboxylic acids is 1. The molecule has 0 spiro atoms. The molecule has 1 saturated carbocycles. The van der Waals surface area contributed by atoms with Gasteiger partial charge in [-0.2, -0.15) is 0 Å². The summed E-state index contributed by atoms with van der Waals surface area (Å²) in [5.74, 6) is 1.56. The summed E-state index contributed by atoms with van der Waals surface area (Å²) in [6.07, 6.45) is 6.31. The highest BCUT2D eigenvalue weighted by molar-refractivity contribution is 9.10. The Kier molecular flexibility index (Phi) is 22.0. The molecule has 4 aromatic rings. The first-order chi connectivity index (χ1) is 24.8. The fraction of sp³-hybridized carbons (Fsp3) is 0.425. The standard InChI is InChI=1S/C29H31BrFN5O2.C5H8.2C2H6.CH4O.CH2O/c1-19-7-4-5-8-26(19)36-9-6-12-38-28-14-21-25(16-27(28)37-3)32-18-33-29(21)34-24-15-22(30)23(31)13-20(24)17-35(2)10-11-36;1-5-3-2-4-5;4*1-2/h4-5,7-8,13-16,18H,6,9-12,17H2,1-3H3,(H,32,33,34);1-4H2;2*1-2H3;2H,1H3;1H2. The van der Waals surface area contributed by atoms with E-state index in [0.29, 0.717) is 34.9 Å². The molecule has 1 aromatic heterocycles. The molecule has 2 aliphatic rings. The van der Waals surface area contributed by atoms with Crippen LogP contribution in [0.1, 0.15) is 64.5 Å². The maximum Gasteiger partial charge on any atom is 0.162 e. The predicted octanol–water partition coefficient (Wildman–Crippen LogP) is 9.52. The maximum absolute atomic E-state index is 14.7. The molecular formula is C40H57BrFN5O4. The van der Waals surface area contributed by atoms with Crippen molar-refractivity contribution < 1.29 is 23.8 Å². The zero-order valence-electron chi connectivity index (χ0n) is 31.7. The van der Waals surface area contributed by atoms with E-state index in [-0.39, 0.29) is 5.82 Å². The number of nitrogens with zero attached hydrogens (tertiary/aromatic N) is 4. The number of aromatic nitrogens is 2. The van der Waals surface area contributed by atoms with Crippen molar-refractivity contribution in [1.82, 2.24) is 14.9 Å². The number of para-hydroxylation sites is 1. The number of methoxy groups -OCH3 is 1. The number of anilines is 3. The number of aryl methyl sites for hydroxylation is 1. The number of hydrogen-bond donors (Lipinski definition) is 2. The summed E-state index contributed by atoms with van der Waals surface area (Å²) < 4.78 is 26.9. The molecule has 2 heterocycles. The highest BCUT2D eigenvalue weighted by Gasteiger charge is 2.17. The van der Waals surface area contributed by atoms with Gasteiger partial charge in [0.15, 0.2) is 11.5 Å². The Morgan fingerprint density at radius 3 is 2.25 bits per heavy atom. The van der Waals surface area contributed by atoms with Gasteiger partial charge in [0.25, 0.3) is 0 Å². The minimum Gasteiger partial charge on any atom is -0.493 e. The van der Waals surface area contributed by atoms with E-state index in [1.165, 1.54) is 42.4 Å². The number of aliphatic hydroxyl groups is 1. The molecule has 0 radical (unpaired) electrons. The number of likely N-dealkylation sites (N-methyl/N-ethyl adjacent to an activating group) is 1. The normalized spacial score (nSPS) is 13.9. The van der Waals surface area contributed by atoms with E-state index in [0.717, 1.165) is 55.3 Å². The molecule has 0 atom stereocenters. The van der Waals surface area contributed by atoms with Gasteiger partial charge in [-0.1, -0.05) is 58.0 Å². The Bertz CT molecular complexity index is 1620. The molecule has 11 heteroatoms. The summed E-state index contributed by atoms with van der Waals surface area (Å²) in [5, 5.41) is 11.2. The minimum absolute atomic E-state index is 0.303. The number of rotatable bonds is 2. The van der Waals surface area contributed by atoms with E-state index in [1.807, 2.05) is 46.6 Å². The van der Waals surface area contributed by atoms with Crippen molar-refractivity contribution in [2.75, 3.05) is 57.7 Å². The van der Waals surface area contributed by atoms with Gasteiger partial charge in [-0.15, -0.1) is 0 Å². The van der Waals surface area contributed by atoms with Gasteiger partial charge in [0, 0.05) is 56.1 Å². The highest BCUT2D eigenvalue weighted by atomic mass is 79.9. The van der Waals surface area contributed by atoms with Crippen LogP contribution in [0.2, 0.25) is 0 Å². The number of ether oxygens (including phenoxy) is 2. The highest BCUT2D eigenvalue weighted by Crippen LogP contribution is 2.36. The molecule has 1 aliphatic carbocycles. The quantitative estimate of drug-likeness (QED) is 0.193. The molecule has 51 heavy (non-hydrogen) atoms. The summed E-state index contributed by atoms with van der Waals surface area (Å²) in [7, 11) is 4.68. The number of halogens is 2. The Balaban J connectivity index is 0.000000872. The molecule has 6 rings (SSSR count). The van der Waals surface area contributed by atoms with Crippen molar-refractivity contribution in [1.29, 1.82) is 0 Å². The summed E-state index contributed by atoms with van der Waals surface area (Å²) in [4.78, 5) is 21.5. The number of carbonyl (C=O) groups is 1. The van der Waals surface area contributed by atoms with E-state index in [4.69, 9.17) is 19.4 Å². The Hall–Kier alpha value is -4.06. The molecule has 9 nitrogen and oxygen atoms in total. The van der Waals surface area contributed by atoms with Crippen molar-refractivity contribution in [3.8, 4) is 11.5 Å². The number of benzene rings is 3. The van der Waals surface area contributed by atoms with Crippen LogP contribution in [0.25, 0.3) is 10.9 Å². The van der Waals surface area contributed by atoms with E-state index >= 15 is 0 Å². The van der Waals surface area contributed by atoms with Gasteiger partial charge >= 0.3 is 0 Å². The largest absolute Gasteiger partial charge is 0.493 e. The minimum atomic E-state index is -0.303. The fourth-order valence-corrected chi connectivity index (χ4v) is 5.54. The maximum atomic E-state index is 14.7. The third kappa shape index (κ3) is 13.5. The molecule has 0 amide bonds. The van der Waals surface area contributed by atoms with Gasteiger partial charge in [0.2, 0.25) is 0 Å². The zero-order chi connectivity index (χ0) is 38.3. The second-order valence-electron chi connectivity index (χ2n) is 11.1. The van der Waals surface area contributed by atoms with Gasteiger partial charge in [-0.05, 0) is 91.0 Å². The van der Waals surface area contributed by atoms with Gasteiger partial charge in [-0.3, -0.25) is 0 Å². The number of fused-ring (bicyclic) bond motifs is 2. The van der Waals surface area contributed by atoms with Gasteiger partial charge in [0.1, 0.15) is 24.8 Å². The zero-order valence-corrected chi connectivity index (χ0v) is 33.3. The van der Waals surface area contributed by atoms with E-state index < -0.39 is 0 Å². The fourth-order valence-electron chi connectivity index (χ4n) is 5.20. The molecule has 0 saturated heterocycles. The molecule has 280 valence electrons. The number of allylic oxidation sites excluding steroid dienone is 1. The van der Waals surface area contributed by atoms with E-state index in [1.54, 1.807) is 19.2 Å². The Labute approximate surface area is 313 Å². The van der Waals surface area contributed by atoms with Crippen molar-refractivity contribution in [3.63, 3.8) is 0 Å². The van der Waals surface area contributed by atoms with Gasteiger partial charge in [-0.25, -0.2) is 14.4 Å². The summed E-state index contributed by atoms with van der Waals surface area (Å²) in [6.45, 7) is 19.5. The molecule has 0 unspecified atom stereocenters. The SMILES string of the molecule is C=C1CCC1.C=O.CC.CC.CO.COc1cc2ncnc3c2cc1OCCCN(c1ccccc1C)CCN(C)Cc1cc(F)c(Br)cc1N3. The Morgan fingerprint density at radius 2 is 1.65 bits per heavy atom. The van der Waals surface area contributed by atoms with Crippen LogP contribution in [0, 0.1) is 12.7 Å². The van der Waals surface area contributed by atoms with Crippen LogP contribution in [-0.2, 0) is 11.3 Å². The van der Waals surface area contributed by atoms with Crippen molar-refractivity contribution >= 4 is 50.8 Å². The molecule has 3 aromatic carbocycles. The summed E-state index contributed by atoms with van der Waals surface area (Å²) >= 11 is 3.35. The Morgan fingerprint density at radius 1 is 0.980 bits per heavy atom. The number of nitrogens with one attached hydrogen (secondary N) is 1. The summed E-state index contributed by atoms with van der Waals surface area (Å²) in [5.41, 5.74) is 6.20. The lowest BCUT2D eigenvalue weighted by Gasteiger charge is -2.29. The van der Waals surface area contributed by atoms with Crippen LogP contribution in [0.3, 0.4) is 0 Å².